The molecule has 2 N–H and O–H groups in total. The van der Waals surface area contributed by atoms with Crippen molar-refractivity contribution >= 4 is 38.7 Å². The van der Waals surface area contributed by atoms with Crippen LogP contribution in [0.2, 0.25) is 5.02 Å². The Morgan fingerprint density at radius 2 is 1.62 bits per heavy atom. The van der Waals surface area contributed by atoms with Crippen LogP contribution in [0.4, 0.5) is 0 Å². The van der Waals surface area contributed by atoms with E-state index in [1.165, 1.54) is 18.2 Å². The summed E-state index contributed by atoms with van der Waals surface area (Å²) < 4.78 is 23.0. The summed E-state index contributed by atoms with van der Waals surface area (Å²) in [4.78, 5) is 12.3. The van der Waals surface area contributed by atoms with Gasteiger partial charge in [-0.2, -0.15) is 11.3 Å². The van der Waals surface area contributed by atoms with E-state index in [1.807, 2.05) is 29.0 Å². The average Bonchev–Trinajstić information content (AvgIpc) is 3.08. The Hall–Kier alpha value is -1.99. The van der Waals surface area contributed by atoms with E-state index in [9.17, 15) is 13.2 Å². The molecule has 0 atom stereocenters. The summed E-state index contributed by atoms with van der Waals surface area (Å²) >= 11 is 7.44. The van der Waals surface area contributed by atoms with Gasteiger partial charge in [-0.25, -0.2) is 13.6 Å². The average molecular weight is 378 g/mol. The third-order valence-corrected chi connectivity index (χ3v) is 5.58. The molecule has 0 aliphatic carbocycles. The van der Waals surface area contributed by atoms with Gasteiger partial charge < -0.3 is 0 Å². The topological polar surface area (TPSA) is 77.2 Å². The number of rotatable bonds is 4. The zero-order valence-corrected chi connectivity index (χ0v) is 14.7. The van der Waals surface area contributed by atoms with E-state index < -0.39 is 10.0 Å². The minimum Gasteiger partial charge on any atom is -0.289 e. The molecule has 122 valence electrons. The minimum absolute atomic E-state index is 0.0122. The number of halogens is 1. The standard InChI is InChI=1S/C17H12ClNO3S2/c18-15-6-5-13(9-16(15)24(19,21)22)17(20)12-3-1-11(2-4-12)14-7-8-23-10-14/h1-10H,(H2,19,21,22). The highest BCUT2D eigenvalue weighted by molar-refractivity contribution is 7.89. The molecule has 0 unspecified atom stereocenters. The van der Waals surface area contributed by atoms with Crippen molar-refractivity contribution in [3.05, 3.63) is 75.4 Å². The van der Waals surface area contributed by atoms with E-state index in [0.717, 1.165) is 11.1 Å². The summed E-state index contributed by atoms with van der Waals surface area (Å²) in [5.74, 6) is -0.298. The molecule has 1 heterocycles. The molecule has 0 amide bonds. The molecule has 3 aromatic rings. The van der Waals surface area contributed by atoms with E-state index in [2.05, 4.69) is 0 Å². The van der Waals surface area contributed by atoms with Crippen LogP contribution in [-0.2, 0) is 10.0 Å². The number of carbonyl (C=O) groups is 1. The van der Waals surface area contributed by atoms with Gasteiger partial charge in [-0.15, -0.1) is 0 Å². The van der Waals surface area contributed by atoms with Gasteiger partial charge in [0, 0.05) is 11.1 Å². The van der Waals surface area contributed by atoms with Crippen molar-refractivity contribution in [2.75, 3.05) is 0 Å². The van der Waals surface area contributed by atoms with Gasteiger partial charge in [0.15, 0.2) is 5.78 Å². The second-order valence-electron chi connectivity index (χ2n) is 5.11. The van der Waals surface area contributed by atoms with Gasteiger partial charge in [-0.3, -0.25) is 4.79 Å². The van der Waals surface area contributed by atoms with Crippen LogP contribution in [0.5, 0.6) is 0 Å². The Morgan fingerprint density at radius 3 is 2.21 bits per heavy atom. The lowest BCUT2D eigenvalue weighted by Gasteiger charge is -2.06. The summed E-state index contributed by atoms with van der Waals surface area (Å²) in [5, 5.41) is 9.11. The lowest BCUT2D eigenvalue weighted by atomic mass is 10.0. The Balaban J connectivity index is 1.95. The zero-order valence-electron chi connectivity index (χ0n) is 12.3. The molecule has 0 spiro atoms. The van der Waals surface area contributed by atoms with Gasteiger partial charge in [-0.05, 0) is 46.2 Å². The van der Waals surface area contributed by atoms with E-state index in [4.69, 9.17) is 16.7 Å². The molecule has 0 fully saturated rings. The lowest BCUT2D eigenvalue weighted by molar-refractivity contribution is 0.103. The molecule has 0 radical (unpaired) electrons. The van der Waals surface area contributed by atoms with Crippen LogP contribution in [0.25, 0.3) is 11.1 Å². The molecule has 2 aromatic carbocycles. The van der Waals surface area contributed by atoms with Crippen molar-refractivity contribution < 1.29 is 13.2 Å². The second kappa shape index (κ2) is 6.49. The number of nitrogens with two attached hydrogens (primary N) is 1. The first kappa shape index (κ1) is 16.9. The molecule has 0 bridgehead atoms. The molecule has 24 heavy (non-hydrogen) atoms. The first-order chi connectivity index (χ1) is 11.4. The summed E-state index contributed by atoms with van der Waals surface area (Å²) in [5.41, 5.74) is 2.76. The second-order valence-corrected chi connectivity index (χ2v) is 7.83. The third-order valence-electron chi connectivity index (χ3n) is 3.50. The van der Waals surface area contributed by atoms with Crippen LogP contribution in [0.3, 0.4) is 0 Å². The molecule has 0 saturated heterocycles. The van der Waals surface area contributed by atoms with Gasteiger partial charge in [0.25, 0.3) is 0 Å². The fraction of sp³-hybridized carbons (Fsp3) is 0. The van der Waals surface area contributed by atoms with E-state index >= 15 is 0 Å². The number of carbonyl (C=O) groups excluding carboxylic acids is 1. The number of hydrogen-bond donors (Lipinski definition) is 1. The fourth-order valence-corrected chi connectivity index (χ4v) is 4.01. The van der Waals surface area contributed by atoms with Crippen LogP contribution >= 0.6 is 22.9 Å². The van der Waals surface area contributed by atoms with Gasteiger partial charge in [0.05, 0.1) is 5.02 Å². The van der Waals surface area contributed by atoms with Crippen LogP contribution in [0.15, 0.2) is 64.2 Å². The quantitative estimate of drug-likeness (QED) is 0.699. The molecule has 0 aliphatic heterocycles. The highest BCUT2D eigenvalue weighted by atomic mass is 35.5. The molecule has 4 nitrogen and oxygen atoms in total. The van der Waals surface area contributed by atoms with Crippen molar-refractivity contribution in [1.82, 2.24) is 0 Å². The number of ketones is 1. The summed E-state index contributed by atoms with van der Waals surface area (Å²) in [6.45, 7) is 0. The zero-order chi connectivity index (χ0) is 17.3. The Morgan fingerprint density at radius 1 is 0.958 bits per heavy atom. The van der Waals surface area contributed by atoms with Gasteiger partial charge >= 0.3 is 0 Å². The maximum atomic E-state index is 12.6. The molecule has 1 aromatic heterocycles. The first-order valence-electron chi connectivity index (χ1n) is 6.86. The fourth-order valence-electron chi connectivity index (χ4n) is 2.27. The summed E-state index contributed by atoms with van der Waals surface area (Å²) in [6.07, 6.45) is 0. The summed E-state index contributed by atoms with van der Waals surface area (Å²) in [6, 6.07) is 13.2. The number of sulfonamides is 1. The van der Waals surface area contributed by atoms with Gasteiger partial charge in [-0.1, -0.05) is 35.9 Å². The maximum Gasteiger partial charge on any atom is 0.239 e. The molecular formula is C17H12ClNO3S2. The highest BCUT2D eigenvalue weighted by Gasteiger charge is 2.17. The number of benzene rings is 2. The normalized spacial score (nSPS) is 11.4. The molecule has 0 aliphatic rings. The molecule has 0 saturated carbocycles. The van der Waals surface area contributed by atoms with Gasteiger partial charge in [0.1, 0.15) is 4.90 Å². The highest BCUT2D eigenvalue weighted by Crippen LogP contribution is 2.25. The monoisotopic (exact) mass is 377 g/mol. The maximum absolute atomic E-state index is 12.6. The molecular weight excluding hydrogens is 366 g/mol. The lowest BCUT2D eigenvalue weighted by Crippen LogP contribution is -2.14. The van der Waals surface area contributed by atoms with E-state index in [-0.39, 0.29) is 21.3 Å². The third kappa shape index (κ3) is 3.42. The van der Waals surface area contributed by atoms with Crippen LogP contribution < -0.4 is 5.14 Å². The predicted octanol–water partition coefficient (Wildman–Crippen LogP) is 3.95. The first-order valence-corrected chi connectivity index (χ1v) is 9.72. The van der Waals surface area contributed by atoms with Crippen LogP contribution in [0, 0.1) is 0 Å². The van der Waals surface area contributed by atoms with Crippen molar-refractivity contribution in [1.29, 1.82) is 0 Å². The van der Waals surface area contributed by atoms with Crippen molar-refractivity contribution in [3.63, 3.8) is 0 Å². The van der Waals surface area contributed by atoms with E-state index in [1.54, 1.807) is 23.5 Å². The SMILES string of the molecule is NS(=O)(=O)c1cc(C(=O)c2ccc(-c3ccsc3)cc2)ccc1Cl. The minimum atomic E-state index is -3.99. The number of thiophene rings is 1. The summed E-state index contributed by atoms with van der Waals surface area (Å²) in [7, 11) is -3.99. The van der Waals surface area contributed by atoms with Crippen LogP contribution in [-0.4, -0.2) is 14.2 Å². The number of hydrogen-bond acceptors (Lipinski definition) is 4. The van der Waals surface area contributed by atoms with Crippen molar-refractivity contribution in [2.24, 2.45) is 5.14 Å². The molecule has 7 heteroatoms. The predicted molar refractivity (Wildman–Crippen MR) is 96.0 cm³/mol. The number of primary sulfonamides is 1. The smallest absolute Gasteiger partial charge is 0.239 e. The van der Waals surface area contributed by atoms with E-state index in [0.29, 0.717) is 5.56 Å². The van der Waals surface area contributed by atoms with Crippen molar-refractivity contribution in [2.45, 2.75) is 4.90 Å². The molecule has 3 rings (SSSR count). The van der Waals surface area contributed by atoms with Gasteiger partial charge in [0.2, 0.25) is 10.0 Å². The largest absolute Gasteiger partial charge is 0.289 e. The Kier molecular flexibility index (Phi) is 4.56. The van der Waals surface area contributed by atoms with Crippen molar-refractivity contribution in [3.8, 4) is 11.1 Å². The Bertz CT molecular complexity index is 995. The Labute approximate surface area is 148 Å². The van der Waals surface area contributed by atoms with Crippen LogP contribution in [0.1, 0.15) is 15.9 Å².